The van der Waals surface area contributed by atoms with Gasteiger partial charge in [-0.3, -0.25) is 4.79 Å². The van der Waals surface area contributed by atoms with Crippen molar-refractivity contribution in [3.05, 3.63) is 29.8 Å². The van der Waals surface area contributed by atoms with Gasteiger partial charge in [0.1, 0.15) is 0 Å². The highest BCUT2D eigenvalue weighted by Gasteiger charge is 2.26. The number of carbonyl (C=O) groups excluding carboxylic acids is 1. The number of para-hydroxylation sites is 1. The Balaban J connectivity index is 1.74. The van der Waals surface area contributed by atoms with Crippen molar-refractivity contribution in [1.29, 1.82) is 0 Å². The molecule has 0 atom stereocenters. The van der Waals surface area contributed by atoms with Crippen LogP contribution in [0.5, 0.6) is 0 Å². The van der Waals surface area contributed by atoms with Gasteiger partial charge in [-0.2, -0.15) is 0 Å². The van der Waals surface area contributed by atoms with Gasteiger partial charge in [0.05, 0.1) is 6.54 Å². The molecule has 1 aromatic carbocycles. The highest BCUT2D eigenvalue weighted by molar-refractivity contribution is 5.92. The number of anilines is 1. The Morgan fingerprint density at radius 1 is 1.20 bits per heavy atom. The number of hydrogen-bond acceptors (Lipinski definition) is 2. The Hall–Kier alpha value is -1.35. The average Bonchev–Trinajstić information content (AvgIpc) is 2.42. The SMILES string of the molecule is Cc1ccccc1NC(=O)CNCC1(C)CCCCC1. The molecule has 1 aromatic rings. The molecule has 3 nitrogen and oxygen atoms in total. The quantitative estimate of drug-likeness (QED) is 0.863. The normalized spacial score (nSPS) is 17.7. The molecule has 0 saturated heterocycles. The second kappa shape index (κ2) is 6.89. The van der Waals surface area contributed by atoms with Crippen molar-refractivity contribution in [3.63, 3.8) is 0 Å². The lowest BCUT2D eigenvalue weighted by molar-refractivity contribution is -0.115. The number of benzene rings is 1. The minimum absolute atomic E-state index is 0.0405. The largest absolute Gasteiger partial charge is 0.325 e. The van der Waals surface area contributed by atoms with Crippen LogP contribution < -0.4 is 10.6 Å². The molecule has 0 aliphatic heterocycles. The van der Waals surface area contributed by atoms with Crippen LogP contribution >= 0.6 is 0 Å². The lowest BCUT2D eigenvalue weighted by Crippen LogP contribution is -2.37. The zero-order chi connectivity index (χ0) is 14.4. The van der Waals surface area contributed by atoms with Gasteiger partial charge in [0.25, 0.3) is 0 Å². The number of aryl methyl sites for hydroxylation is 1. The van der Waals surface area contributed by atoms with E-state index >= 15 is 0 Å². The third-order valence-electron chi connectivity index (χ3n) is 4.32. The van der Waals surface area contributed by atoms with Crippen molar-refractivity contribution in [2.75, 3.05) is 18.4 Å². The predicted octanol–water partition coefficient (Wildman–Crippen LogP) is 3.49. The van der Waals surface area contributed by atoms with E-state index in [4.69, 9.17) is 0 Å². The molecule has 1 fully saturated rings. The summed E-state index contributed by atoms with van der Waals surface area (Å²) < 4.78 is 0. The highest BCUT2D eigenvalue weighted by Crippen LogP contribution is 2.34. The fourth-order valence-corrected chi connectivity index (χ4v) is 2.97. The van der Waals surface area contributed by atoms with E-state index < -0.39 is 0 Å². The summed E-state index contributed by atoms with van der Waals surface area (Å²) in [5.41, 5.74) is 2.38. The van der Waals surface area contributed by atoms with E-state index in [1.54, 1.807) is 0 Å². The van der Waals surface area contributed by atoms with Gasteiger partial charge >= 0.3 is 0 Å². The maximum absolute atomic E-state index is 11.9. The van der Waals surface area contributed by atoms with Gasteiger partial charge < -0.3 is 10.6 Å². The molecule has 1 saturated carbocycles. The monoisotopic (exact) mass is 274 g/mol. The van der Waals surface area contributed by atoms with E-state index in [0.29, 0.717) is 12.0 Å². The molecule has 0 spiro atoms. The zero-order valence-corrected chi connectivity index (χ0v) is 12.7. The van der Waals surface area contributed by atoms with Crippen molar-refractivity contribution in [3.8, 4) is 0 Å². The summed E-state index contributed by atoms with van der Waals surface area (Å²) in [5.74, 6) is 0.0405. The van der Waals surface area contributed by atoms with Crippen molar-refractivity contribution < 1.29 is 4.79 Å². The molecule has 0 aromatic heterocycles. The number of nitrogens with one attached hydrogen (secondary N) is 2. The number of hydrogen-bond donors (Lipinski definition) is 2. The predicted molar refractivity (Wildman–Crippen MR) is 83.9 cm³/mol. The molecule has 0 unspecified atom stereocenters. The summed E-state index contributed by atoms with van der Waals surface area (Å²) in [6.07, 6.45) is 6.57. The molecular formula is C17H26N2O. The van der Waals surface area contributed by atoms with Gasteiger partial charge in [-0.25, -0.2) is 0 Å². The summed E-state index contributed by atoms with van der Waals surface area (Å²) in [7, 11) is 0. The molecule has 0 heterocycles. The first-order valence-corrected chi connectivity index (χ1v) is 7.65. The fraction of sp³-hybridized carbons (Fsp3) is 0.588. The summed E-state index contributed by atoms with van der Waals surface area (Å²) in [6, 6.07) is 7.87. The van der Waals surface area contributed by atoms with Crippen LogP contribution in [0.25, 0.3) is 0 Å². The number of amides is 1. The van der Waals surface area contributed by atoms with Crippen molar-refractivity contribution >= 4 is 11.6 Å². The van der Waals surface area contributed by atoms with E-state index in [0.717, 1.165) is 17.8 Å². The van der Waals surface area contributed by atoms with Crippen LogP contribution in [0.2, 0.25) is 0 Å². The smallest absolute Gasteiger partial charge is 0.238 e. The molecule has 0 bridgehead atoms. The van der Waals surface area contributed by atoms with E-state index in [2.05, 4.69) is 17.6 Å². The maximum Gasteiger partial charge on any atom is 0.238 e. The standard InChI is InChI=1S/C17H26N2O/c1-14-8-4-5-9-15(14)19-16(20)12-18-13-17(2)10-6-3-7-11-17/h4-5,8-9,18H,3,6-7,10-13H2,1-2H3,(H,19,20). The Kier molecular flexibility index (Phi) is 5.18. The molecular weight excluding hydrogens is 248 g/mol. The van der Waals surface area contributed by atoms with Crippen LogP contribution in [-0.2, 0) is 4.79 Å². The van der Waals surface area contributed by atoms with Crippen LogP contribution in [0, 0.1) is 12.3 Å². The van der Waals surface area contributed by atoms with E-state index in [1.807, 2.05) is 31.2 Å². The minimum atomic E-state index is 0.0405. The first-order chi connectivity index (χ1) is 9.59. The molecule has 3 heteroatoms. The number of carbonyl (C=O) groups is 1. The van der Waals surface area contributed by atoms with Crippen LogP contribution in [0.1, 0.15) is 44.6 Å². The first kappa shape index (κ1) is 15.0. The molecule has 2 rings (SSSR count). The van der Waals surface area contributed by atoms with Gasteiger partial charge in [-0.15, -0.1) is 0 Å². The summed E-state index contributed by atoms with van der Waals surface area (Å²) in [4.78, 5) is 11.9. The van der Waals surface area contributed by atoms with Crippen LogP contribution in [0.3, 0.4) is 0 Å². The second-order valence-electron chi connectivity index (χ2n) is 6.34. The fourth-order valence-electron chi connectivity index (χ4n) is 2.97. The van der Waals surface area contributed by atoms with Gasteiger partial charge in [0, 0.05) is 12.2 Å². The van der Waals surface area contributed by atoms with E-state index in [-0.39, 0.29) is 5.91 Å². The zero-order valence-electron chi connectivity index (χ0n) is 12.7. The van der Waals surface area contributed by atoms with Gasteiger partial charge in [0.15, 0.2) is 0 Å². The Morgan fingerprint density at radius 3 is 2.60 bits per heavy atom. The Bertz CT molecular complexity index is 450. The molecule has 1 aliphatic rings. The van der Waals surface area contributed by atoms with Gasteiger partial charge in [0.2, 0.25) is 5.91 Å². The highest BCUT2D eigenvalue weighted by atomic mass is 16.1. The maximum atomic E-state index is 11.9. The van der Waals surface area contributed by atoms with Crippen LogP contribution in [-0.4, -0.2) is 19.0 Å². The van der Waals surface area contributed by atoms with Gasteiger partial charge in [-0.1, -0.05) is 44.4 Å². The third kappa shape index (κ3) is 4.34. The van der Waals surface area contributed by atoms with Crippen LogP contribution in [0.15, 0.2) is 24.3 Å². The lowest BCUT2D eigenvalue weighted by atomic mass is 9.76. The topological polar surface area (TPSA) is 41.1 Å². The van der Waals surface area contributed by atoms with E-state index in [9.17, 15) is 4.79 Å². The Morgan fingerprint density at radius 2 is 1.90 bits per heavy atom. The van der Waals surface area contributed by atoms with Crippen molar-refractivity contribution in [2.24, 2.45) is 5.41 Å². The Labute approximate surface area is 122 Å². The molecule has 2 N–H and O–H groups in total. The average molecular weight is 274 g/mol. The molecule has 1 amide bonds. The molecule has 110 valence electrons. The van der Waals surface area contributed by atoms with Crippen LogP contribution in [0.4, 0.5) is 5.69 Å². The molecule has 0 radical (unpaired) electrons. The summed E-state index contributed by atoms with van der Waals surface area (Å²) in [6.45, 7) is 5.67. The van der Waals surface area contributed by atoms with Gasteiger partial charge in [-0.05, 0) is 36.8 Å². The van der Waals surface area contributed by atoms with E-state index in [1.165, 1.54) is 32.1 Å². The van der Waals surface area contributed by atoms with Crippen molar-refractivity contribution in [1.82, 2.24) is 5.32 Å². The second-order valence-corrected chi connectivity index (χ2v) is 6.34. The summed E-state index contributed by atoms with van der Waals surface area (Å²) >= 11 is 0. The number of rotatable bonds is 5. The first-order valence-electron chi connectivity index (χ1n) is 7.65. The minimum Gasteiger partial charge on any atom is -0.325 e. The van der Waals surface area contributed by atoms with Crippen molar-refractivity contribution in [2.45, 2.75) is 46.0 Å². The summed E-state index contributed by atoms with van der Waals surface area (Å²) in [5, 5.41) is 6.28. The molecule has 1 aliphatic carbocycles. The lowest BCUT2D eigenvalue weighted by Gasteiger charge is -2.33. The third-order valence-corrected chi connectivity index (χ3v) is 4.32. The molecule has 20 heavy (non-hydrogen) atoms.